The van der Waals surface area contributed by atoms with E-state index in [0.717, 1.165) is 0 Å². The fraction of sp³-hybridized carbons (Fsp3) is 0.236. The Morgan fingerprint density at radius 1 is 0.414 bits per heavy atom. The maximum atomic E-state index is 2.77. The molecule has 0 bridgehead atoms. The van der Waals surface area contributed by atoms with Crippen LogP contribution in [0.2, 0.25) is 0 Å². The first-order valence-corrected chi connectivity index (χ1v) is 21.3. The van der Waals surface area contributed by atoms with Crippen molar-refractivity contribution >= 4 is 63.3 Å². The third kappa shape index (κ3) is 4.46. The van der Waals surface area contributed by atoms with E-state index >= 15 is 0 Å². The van der Waals surface area contributed by atoms with Crippen LogP contribution >= 0.6 is 0 Å². The Hall–Kier alpha value is -5.53. The molecule has 1 spiro atoms. The van der Waals surface area contributed by atoms with Gasteiger partial charge in [0, 0.05) is 17.1 Å². The van der Waals surface area contributed by atoms with Crippen molar-refractivity contribution in [2.24, 2.45) is 0 Å². The first-order valence-electron chi connectivity index (χ1n) is 21.3. The Kier molecular flexibility index (Phi) is 7.24. The molecule has 7 aromatic rings. The molecule has 1 aliphatic carbocycles. The van der Waals surface area contributed by atoms with Crippen molar-refractivity contribution in [1.29, 1.82) is 0 Å². The van der Waals surface area contributed by atoms with Gasteiger partial charge in [-0.25, -0.2) is 0 Å². The minimum atomic E-state index is -0.486. The van der Waals surface area contributed by atoms with Gasteiger partial charge in [0.25, 0.3) is 0 Å². The van der Waals surface area contributed by atoms with Gasteiger partial charge in [-0.05, 0) is 122 Å². The van der Waals surface area contributed by atoms with Crippen LogP contribution in [0.4, 0.5) is 17.1 Å². The third-order valence-corrected chi connectivity index (χ3v) is 14.4. The monoisotopic (exact) mass is 747 g/mol. The van der Waals surface area contributed by atoms with Crippen molar-refractivity contribution in [2.45, 2.75) is 87.0 Å². The van der Waals surface area contributed by atoms with Crippen LogP contribution in [-0.2, 0) is 10.8 Å². The highest BCUT2D eigenvalue weighted by Crippen LogP contribution is 2.63. The predicted molar refractivity (Wildman–Crippen MR) is 251 cm³/mol. The fourth-order valence-corrected chi connectivity index (χ4v) is 12.4. The molecule has 0 saturated heterocycles. The lowest BCUT2D eigenvalue weighted by Crippen LogP contribution is -2.67. The molecule has 3 aliphatic heterocycles. The number of fused-ring (bicyclic) bond motifs is 7. The van der Waals surface area contributed by atoms with Crippen LogP contribution in [0.1, 0.15) is 93.1 Å². The molecule has 11 rings (SSSR count). The highest BCUT2D eigenvalue weighted by molar-refractivity contribution is 7.02. The minimum Gasteiger partial charge on any atom is -0.312 e. The zero-order valence-electron chi connectivity index (χ0n) is 36.0. The Morgan fingerprint density at radius 3 is 1.22 bits per heavy atom. The van der Waals surface area contributed by atoms with Crippen LogP contribution in [0.3, 0.4) is 0 Å². The van der Waals surface area contributed by atoms with Crippen molar-refractivity contribution in [3.8, 4) is 11.1 Å². The first kappa shape index (κ1) is 35.6. The van der Waals surface area contributed by atoms with Crippen LogP contribution in [0.25, 0.3) is 11.1 Å². The molecule has 0 saturated carbocycles. The van der Waals surface area contributed by atoms with Crippen LogP contribution in [-0.4, -0.2) is 13.4 Å². The minimum absolute atomic E-state index is 0.0431. The summed E-state index contributed by atoms with van der Waals surface area (Å²) in [5, 5.41) is 0. The summed E-state index contributed by atoms with van der Waals surface area (Å²) < 4.78 is 0. The van der Waals surface area contributed by atoms with Gasteiger partial charge in [0.05, 0.1) is 5.41 Å². The molecule has 0 N–H and O–H groups in total. The average molecular weight is 748 g/mol. The third-order valence-electron chi connectivity index (χ3n) is 14.4. The predicted octanol–water partition coefficient (Wildman–Crippen LogP) is 9.26. The van der Waals surface area contributed by atoms with E-state index in [1.807, 2.05) is 0 Å². The van der Waals surface area contributed by atoms with Gasteiger partial charge in [-0.1, -0.05) is 185 Å². The molecule has 4 aliphatic rings. The molecule has 58 heavy (non-hydrogen) atoms. The van der Waals surface area contributed by atoms with E-state index in [2.05, 4.69) is 190 Å². The van der Waals surface area contributed by atoms with Crippen molar-refractivity contribution in [2.75, 3.05) is 4.90 Å². The van der Waals surface area contributed by atoms with E-state index in [1.54, 1.807) is 0 Å². The first-order chi connectivity index (χ1) is 27.7. The van der Waals surface area contributed by atoms with E-state index in [1.165, 1.54) is 133 Å². The number of anilines is 3. The largest absolute Gasteiger partial charge is 0.312 e. The molecule has 3 heterocycles. The second-order valence-corrected chi connectivity index (χ2v) is 19.4. The molecule has 7 aromatic carbocycles. The molecule has 0 amide bonds. The highest BCUT2D eigenvalue weighted by Gasteiger charge is 2.57. The summed E-state index contributed by atoms with van der Waals surface area (Å²) in [7, 11) is 0. The van der Waals surface area contributed by atoms with Crippen LogP contribution in [0.5, 0.6) is 0 Å². The number of benzene rings is 7. The van der Waals surface area contributed by atoms with Crippen molar-refractivity contribution in [1.82, 2.24) is 0 Å². The summed E-state index contributed by atoms with van der Waals surface area (Å²) in [6.45, 7) is 25.8. The Bertz CT molecular complexity index is 2760. The average Bonchev–Trinajstić information content (AvgIpc) is 3.42. The number of para-hydroxylation sites is 2. The van der Waals surface area contributed by atoms with Crippen molar-refractivity contribution in [3.05, 3.63) is 182 Å². The summed E-state index contributed by atoms with van der Waals surface area (Å²) in [6.07, 6.45) is 0. The molecule has 282 valence electrons. The maximum absolute atomic E-state index is 2.77. The molecule has 0 aromatic heterocycles. The van der Waals surface area contributed by atoms with E-state index in [4.69, 9.17) is 0 Å². The molecule has 0 atom stereocenters. The van der Waals surface area contributed by atoms with Crippen LogP contribution in [0.15, 0.2) is 109 Å². The van der Waals surface area contributed by atoms with Crippen LogP contribution < -0.4 is 37.7 Å². The molecular weight excluding hydrogens is 696 g/mol. The maximum Gasteiger partial charge on any atom is 0.247 e. The fourth-order valence-electron chi connectivity index (χ4n) is 12.4. The number of hydrogen-bond acceptors (Lipinski definition) is 1. The smallest absolute Gasteiger partial charge is 0.247 e. The number of hydrogen-bond donors (Lipinski definition) is 0. The second-order valence-electron chi connectivity index (χ2n) is 19.4. The Balaban J connectivity index is 1.39. The standard InChI is InChI=1S/C55H51B2N/c1-30-18-20-39-40-21-19-31(2)27-44(40)55(43(39)26-30)41-14-12-16-45-51(41)58-52-42(55)15-13-17-46(52)57(50-36(7)24-33(4)25-37(50)8)48-29-38(54(9,10)11)28-47(53(48)58)56(45)49-34(5)22-32(3)23-35(49)6/h12-29H,1-11H3. The summed E-state index contributed by atoms with van der Waals surface area (Å²) in [5.74, 6) is 0. The normalized spacial score (nSPS) is 14.8. The van der Waals surface area contributed by atoms with Gasteiger partial charge in [0.15, 0.2) is 0 Å². The summed E-state index contributed by atoms with van der Waals surface area (Å²) in [4.78, 5) is 2.77. The zero-order chi connectivity index (χ0) is 40.3. The van der Waals surface area contributed by atoms with Crippen molar-refractivity contribution in [3.63, 3.8) is 0 Å². The topological polar surface area (TPSA) is 3.24 Å². The molecule has 0 unspecified atom stereocenters. The molecule has 3 heteroatoms. The van der Waals surface area contributed by atoms with Gasteiger partial charge in [-0.15, -0.1) is 0 Å². The Labute approximate surface area is 346 Å². The summed E-state index contributed by atoms with van der Waals surface area (Å²) >= 11 is 0. The molecular formula is C55H51B2N. The van der Waals surface area contributed by atoms with Gasteiger partial charge in [0.1, 0.15) is 0 Å². The zero-order valence-corrected chi connectivity index (χ0v) is 36.0. The van der Waals surface area contributed by atoms with Crippen molar-refractivity contribution < 1.29 is 0 Å². The van der Waals surface area contributed by atoms with Gasteiger partial charge in [-0.2, -0.15) is 0 Å². The van der Waals surface area contributed by atoms with E-state index in [0.29, 0.717) is 0 Å². The highest BCUT2D eigenvalue weighted by atomic mass is 15.2. The second kappa shape index (κ2) is 11.8. The van der Waals surface area contributed by atoms with Gasteiger partial charge >= 0.3 is 0 Å². The lowest BCUT2D eigenvalue weighted by atomic mass is 9.28. The quantitative estimate of drug-likeness (QED) is 0.160. The van der Waals surface area contributed by atoms with Gasteiger partial charge in [0.2, 0.25) is 13.4 Å². The van der Waals surface area contributed by atoms with Gasteiger partial charge in [-0.3, -0.25) is 0 Å². The van der Waals surface area contributed by atoms with E-state index < -0.39 is 5.41 Å². The lowest BCUT2D eigenvalue weighted by Gasteiger charge is -2.53. The van der Waals surface area contributed by atoms with E-state index in [-0.39, 0.29) is 18.8 Å². The molecule has 0 radical (unpaired) electrons. The van der Waals surface area contributed by atoms with E-state index in [9.17, 15) is 0 Å². The van der Waals surface area contributed by atoms with Gasteiger partial charge < -0.3 is 4.90 Å². The Morgan fingerprint density at radius 2 is 0.828 bits per heavy atom. The summed E-state index contributed by atoms with van der Waals surface area (Å²) in [5.41, 5.74) is 32.7. The number of rotatable bonds is 2. The molecule has 0 fully saturated rings. The number of aryl methyl sites for hydroxylation is 8. The summed E-state index contributed by atoms with van der Waals surface area (Å²) in [6, 6.07) is 44.0. The number of nitrogens with zero attached hydrogens (tertiary/aromatic N) is 1. The van der Waals surface area contributed by atoms with Crippen LogP contribution in [0, 0.1) is 55.4 Å². The lowest BCUT2D eigenvalue weighted by molar-refractivity contribution is 0.591. The molecule has 1 nitrogen and oxygen atoms in total. The SMILES string of the molecule is Cc1cc(C)c(B2c3cc(C(C)(C)C)cc4c3N3c5c2cccc5C2(c5cc(C)ccc5-c5ccc(C)cc52)c2cccc(c23)B4c2c(C)cc(C)cc2C)c(C)c1.